The molecule has 0 bridgehead atoms. The van der Waals surface area contributed by atoms with Crippen LogP contribution < -0.4 is 10.9 Å². The van der Waals surface area contributed by atoms with E-state index < -0.39 is 0 Å². The predicted molar refractivity (Wildman–Crippen MR) is 67.6 cm³/mol. The van der Waals surface area contributed by atoms with Gasteiger partial charge in [-0.25, -0.2) is 0 Å². The van der Waals surface area contributed by atoms with E-state index in [9.17, 15) is 9.90 Å². The standard InChI is InChI=1S/C13H19N3O2/c17-12-11(8-3-1-2-4-8)13(18)16-10(15-12)7-14-9-5-6-9/h8-9,14H,1-7H2,(H2,15,16,17,18). The Morgan fingerprint density at radius 2 is 2.00 bits per heavy atom. The smallest absolute Gasteiger partial charge is 0.258 e. The highest BCUT2D eigenvalue weighted by Gasteiger charge is 2.25. The van der Waals surface area contributed by atoms with Crippen molar-refractivity contribution >= 4 is 0 Å². The van der Waals surface area contributed by atoms with Gasteiger partial charge in [0.2, 0.25) is 5.88 Å². The minimum Gasteiger partial charge on any atom is -0.493 e. The van der Waals surface area contributed by atoms with Crippen LogP contribution in [0.4, 0.5) is 0 Å². The highest BCUT2D eigenvalue weighted by molar-refractivity contribution is 5.27. The molecular formula is C13H19N3O2. The highest BCUT2D eigenvalue weighted by atomic mass is 16.3. The van der Waals surface area contributed by atoms with E-state index in [1.807, 2.05) is 0 Å². The van der Waals surface area contributed by atoms with Crippen molar-refractivity contribution in [1.29, 1.82) is 0 Å². The van der Waals surface area contributed by atoms with E-state index in [-0.39, 0.29) is 17.4 Å². The Kier molecular flexibility index (Phi) is 3.07. The lowest BCUT2D eigenvalue weighted by atomic mass is 10.00. The molecule has 0 atom stereocenters. The summed E-state index contributed by atoms with van der Waals surface area (Å²) < 4.78 is 0. The Labute approximate surface area is 106 Å². The van der Waals surface area contributed by atoms with Gasteiger partial charge in [0.25, 0.3) is 5.56 Å². The van der Waals surface area contributed by atoms with Gasteiger partial charge in [-0.1, -0.05) is 12.8 Å². The van der Waals surface area contributed by atoms with Crippen molar-refractivity contribution in [2.24, 2.45) is 0 Å². The summed E-state index contributed by atoms with van der Waals surface area (Å²) in [6.07, 6.45) is 6.62. The third kappa shape index (κ3) is 2.41. The lowest BCUT2D eigenvalue weighted by molar-refractivity contribution is 0.430. The molecular weight excluding hydrogens is 230 g/mol. The van der Waals surface area contributed by atoms with Gasteiger partial charge >= 0.3 is 0 Å². The van der Waals surface area contributed by atoms with Crippen LogP contribution >= 0.6 is 0 Å². The van der Waals surface area contributed by atoms with Crippen molar-refractivity contribution in [2.45, 2.75) is 57.0 Å². The van der Waals surface area contributed by atoms with Crippen molar-refractivity contribution in [3.8, 4) is 5.88 Å². The lowest BCUT2D eigenvalue weighted by Crippen LogP contribution is -2.23. The fourth-order valence-electron chi connectivity index (χ4n) is 2.71. The van der Waals surface area contributed by atoms with Crippen LogP contribution in [0.3, 0.4) is 0 Å². The Balaban J connectivity index is 1.80. The summed E-state index contributed by atoms with van der Waals surface area (Å²) in [4.78, 5) is 18.9. The average molecular weight is 249 g/mol. The molecule has 0 aromatic carbocycles. The van der Waals surface area contributed by atoms with Crippen LogP contribution in [0.1, 0.15) is 55.8 Å². The molecule has 5 nitrogen and oxygen atoms in total. The second-order valence-corrected chi connectivity index (χ2v) is 5.39. The summed E-state index contributed by atoms with van der Waals surface area (Å²) in [7, 11) is 0. The van der Waals surface area contributed by atoms with Gasteiger partial charge in [0.15, 0.2) is 0 Å². The minimum atomic E-state index is -0.165. The Hall–Kier alpha value is -1.36. The molecule has 1 heterocycles. The Morgan fingerprint density at radius 3 is 2.61 bits per heavy atom. The molecule has 0 unspecified atom stereocenters. The molecule has 2 saturated carbocycles. The van der Waals surface area contributed by atoms with Crippen LogP contribution in [0.5, 0.6) is 5.88 Å². The van der Waals surface area contributed by atoms with Gasteiger partial charge in [-0.3, -0.25) is 4.79 Å². The molecule has 18 heavy (non-hydrogen) atoms. The van der Waals surface area contributed by atoms with E-state index in [1.165, 1.54) is 12.8 Å². The van der Waals surface area contributed by atoms with Crippen LogP contribution in [0.25, 0.3) is 0 Å². The molecule has 3 rings (SSSR count). The summed E-state index contributed by atoms with van der Waals surface area (Å²) in [6.45, 7) is 0.526. The van der Waals surface area contributed by atoms with E-state index in [2.05, 4.69) is 15.3 Å². The molecule has 0 saturated heterocycles. The van der Waals surface area contributed by atoms with Gasteiger partial charge in [0.1, 0.15) is 5.82 Å². The van der Waals surface area contributed by atoms with E-state index in [4.69, 9.17) is 0 Å². The van der Waals surface area contributed by atoms with Crippen molar-refractivity contribution in [3.05, 3.63) is 21.7 Å². The molecule has 0 aliphatic heterocycles. The van der Waals surface area contributed by atoms with Crippen molar-refractivity contribution < 1.29 is 5.11 Å². The van der Waals surface area contributed by atoms with Gasteiger partial charge in [-0.2, -0.15) is 4.98 Å². The fraction of sp³-hybridized carbons (Fsp3) is 0.692. The highest BCUT2D eigenvalue weighted by Crippen LogP contribution is 2.35. The number of aromatic nitrogens is 2. The topological polar surface area (TPSA) is 78.0 Å². The molecule has 1 aromatic rings. The van der Waals surface area contributed by atoms with Gasteiger partial charge in [-0.15, -0.1) is 0 Å². The van der Waals surface area contributed by atoms with Crippen molar-refractivity contribution in [1.82, 2.24) is 15.3 Å². The molecule has 0 spiro atoms. The van der Waals surface area contributed by atoms with Gasteiger partial charge < -0.3 is 15.4 Å². The van der Waals surface area contributed by atoms with Gasteiger partial charge in [-0.05, 0) is 31.6 Å². The molecule has 2 aliphatic rings. The van der Waals surface area contributed by atoms with E-state index in [1.54, 1.807) is 0 Å². The number of hydrogen-bond acceptors (Lipinski definition) is 4. The quantitative estimate of drug-likeness (QED) is 0.753. The fourth-order valence-corrected chi connectivity index (χ4v) is 2.71. The van der Waals surface area contributed by atoms with Crippen LogP contribution in [-0.4, -0.2) is 21.1 Å². The second-order valence-electron chi connectivity index (χ2n) is 5.39. The average Bonchev–Trinajstić information content (AvgIpc) is 3.01. The number of H-pyrrole nitrogens is 1. The zero-order valence-electron chi connectivity index (χ0n) is 10.4. The monoisotopic (exact) mass is 249 g/mol. The number of rotatable bonds is 4. The minimum absolute atomic E-state index is 0.0711. The van der Waals surface area contributed by atoms with Crippen LogP contribution in [-0.2, 0) is 6.54 Å². The lowest BCUT2D eigenvalue weighted by Gasteiger charge is -2.11. The number of nitrogens with one attached hydrogen (secondary N) is 2. The first-order valence-electron chi connectivity index (χ1n) is 6.79. The van der Waals surface area contributed by atoms with E-state index in [0.717, 1.165) is 25.7 Å². The maximum absolute atomic E-state index is 12.0. The Bertz CT molecular complexity index is 487. The van der Waals surface area contributed by atoms with E-state index >= 15 is 0 Å². The zero-order valence-corrected chi connectivity index (χ0v) is 10.4. The normalized spacial score (nSPS) is 20.4. The van der Waals surface area contributed by atoms with Gasteiger partial charge in [0.05, 0.1) is 12.1 Å². The van der Waals surface area contributed by atoms with Gasteiger partial charge in [0, 0.05) is 6.04 Å². The summed E-state index contributed by atoms with van der Waals surface area (Å²) in [5.41, 5.74) is 0.324. The van der Waals surface area contributed by atoms with Crippen LogP contribution in [0, 0.1) is 0 Å². The number of nitrogens with zero attached hydrogens (tertiary/aromatic N) is 1. The van der Waals surface area contributed by atoms with Crippen LogP contribution in [0.15, 0.2) is 4.79 Å². The number of aromatic amines is 1. The molecule has 2 fully saturated rings. The third-order valence-electron chi connectivity index (χ3n) is 3.88. The molecule has 0 radical (unpaired) electrons. The molecule has 5 heteroatoms. The third-order valence-corrected chi connectivity index (χ3v) is 3.88. The number of hydrogen-bond donors (Lipinski definition) is 3. The largest absolute Gasteiger partial charge is 0.493 e. The van der Waals surface area contributed by atoms with Crippen molar-refractivity contribution in [3.63, 3.8) is 0 Å². The first-order valence-corrected chi connectivity index (χ1v) is 6.79. The molecule has 3 N–H and O–H groups in total. The van der Waals surface area contributed by atoms with Crippen LogP contribution in [0.2, 0.25) is 0 Å². The summed E-state index contributed by atoms with van der Waals surface area (Å²) >= 11 is 0. The first kappa shape index (κ1) is 11.7. The molecule has 2 aliphatic carbocycles. The first-order chi connectivity index (χ1) is 8.74. The summed E-state index contributed by atoms with van der Waals surface area (Å²) in [6, 6.07) is 0.562. The number of aromatic hydroxyl groups is 1. The van der Waals surface area contributed by atoms with Crippen molar-refractivity contribution in [2.75, 3.05) is 0 Å². The molecule has 1 aromatic heterocycles. The van der Waals surface area contributed by atoms with E-state index in [0.29, 0.717) is 24.0 Å². The zero-order chi connectivity index (χ0) is 12.5. The maximum atomic E-state index is 12.0. The summed E-state index contributed by atoms with van der Waals surface area (Å²) in [5.74, 6) is 0.649. The summed E-state index contributed by atoms with van der Waals surface area (Å²) in [5, 5.41) is 13.2. The maximum Gasteiger partial charge on any atom is 0.258 e. The molecule has 0 amide bonds. The second kappa shape index (κ2) is 4.72. The predicted octanol–water partition coefficient (Wildman–Crippen LogP) is 1.39. The molecule has 98 valence electrons. The SMILES string of the molecule is O=c1[nH]c(CNC2CC2)nc(O)c1C1CCCC1. The Morgan fingerprint density at radius 1 is 1.28 bits per heavy atom.